The summed E-state index contributed by atoms with van der Waals surface area (Å²) >= 11 is 5.89. The Morgan fingerprint density at radius 3 is 2.05 bits per heavy atom. The Balaban J connectivity index is 2.05. The number of carbonyl (C=O) groups excluding carboxylic acids is 1. The summed E-state index contributed by atoms with van der Waals surface area (Å²) in [6, 6.07) is 10.8. The van der Waals surface area contributed by atoms with Crippen molar-refractivity contribution in [2.45, 2.75) is 41.5 Å². The number of nitrogens with zero attached hydrogens (tertiary/aromatic N) is 3. The molecule has 0 fully saturated rings. The fourth-order valence-corrected chi connectivity index (χ4v) is 5.41. The van der Waals surface area contributed by atoms with E-state index in [1.807, 2.05) is 0 Å². The molecule has 0 spiro atoms. The lowest BCUT2D eigenvalue weighted by molar-refractivity contribution is -0.219. The van der Waals surface area contributed by atoms with Crippen LogP contribution >= 0.6 is 11.6 Å². The van der Waals surface area contributed by atoms with Gasteiger partial charge >= 0.3 is 12.1 Å². The first-order valence-corrected chi connectivity index (χ1v) is 14.4. The van der Waals surface area contributed by atoms with E-state index in [9.17, 15) is 34.8 Å². The van der Waals surface area contributed by atoms with Crippen LogP contribution in [0.1, 0.15) is 20.8 Å². The minimum absolute atomic E-state index is 0.0447. The van der Waals surface area contributed by atoms with E-state index in [-0.39, 0.29) is 26.7 Å². The average Bonchev–Trinajstić information content (AvgIpc) is 2.84. The monoisotopic (exact) mass is 621 g/mol. The van der Waals surface area contributed by atoms with E-state index >= 15 is 0 Å². The van der Waals surface area contributed by atoms with Gasteiger partial charge in [0.25, 0.3) is 10.0 Å². The molecule has 2 aromatic carbocycles. The minimum Gasteiger partial charge on any atom is -0.345 e. The third kappa shape index (κ3) is 6.99. The number of hydroxylamine groups is 1. The normalized spacial score (nSPS) is 12.7. The zero-order valence-corrected chi connectivity index (χ0v) is 23.7. The Hall–Kier alpha value is -3.47. The third-order valence-electron chi connectivity index (χ3n) is 5.17. The predicted molar refractivity (Wildman–Crippen MR) is 141 cm³/mol. The van der Waals surface area contributed by atoms with Crippen LogP contribution in [0.3, 0.4) is 0 Å². The predicted octanol–water partition coefficient (Wildman–Crippen LogP) is 4.83. The molecule has 0 saturated carbocycles. The number of carbonyl (C=O) groups is 1. The zero-order valence-electron chi connectivity index (χ0n) is 21.3. The summed E-state index contributed by atoms with van der Waals surface area (Å²) in [7, 11) is -8.36. The second kappa shape index (κ2) is 11.2. The summed E-state index contributed by atoms with van der Waals surface area (Å²) < 4.78 is 88.6. The first-order valence-electron chi connectivity index (χ1n) is 11.1. The smallest absolute Gasteiger partial charge is 0.345 e. The van der Waals surface area contributed by atoms with Gasteiger partial charge in [-0.05, 0) is 67.7 Å². The van der Waals surface area contributed by atoms with Crippen molar-refractivity contribution in [2.24, 2.45) is 0 Å². The average molecular weight is 622 g/mol. The molecular formula is C23H23ClF3N5O6S2. The van der Waals surface area contributed by atoms with Gasteiger partial charge in [0.2, 0.25) is 0 Å². The second-order valence-electron chi connectivity index (χ2n) is 9.11. The maximum absolute atomic E-state index is 13.3. The Morgan fingerprint density at radius 1 is 0.925 bits per heavy atom. The quantitative estimate of drug-likeness (QED) is 0.335. The van der Waals surface area contributed by atoms with Crippen molar-refractivity contribution in [2.75, 3.05) is 17.7 Å². The molecular weight excluding hydrogens is 599 g/mol. The largest absolute Gasteiger partial charge is 0.492 e. The fraction of sp³-hybridized carbons (Fsp3) is 0.261. The lowest BCUT2D eigenvalue weighted by Crippen LogP contribution is -2.36. The Bertz CT molecular complexity index is 1630. The summed E-state index contributed by atoms with van der Waals surface area (Å²) in [6.45, 7) is 4.29. The van der Waals surface area contributed by atoms with Gasteiger partial charge in [-0.25, -0.2) is 31.6 Å². The van der Waals surface area contributed by atoms with Crippen molar-refractivity contribution < 1.29 is 39.6 Å². The molecule has 0 aliphatic carbocycles. The highest BCUT2D eigenvalue weighted by molar-refractivity contribution is 7.93. The molecule has 3 aromatic rings. The number of sulfone groups is 1. The van der Waals surface area contributed by atoms with Crippen LogP contribution < -0.4 is 10.6 Å². The SMILES string of the molecule is CN(OC(=O)C(F)(F)F)S(=O)(=O)c1ccc(S(=O)(=O)C(C)(C)C)c(Nc2cc(Nc3ccc(Cl)cc3)ncn2)c1. The van der Waals surface area contributed by atoms with E-state index in [0.29, 0.717) is 17.8 Å². The molecule has 3 rings (SSSR count). The van der Waals surface area contributed by atoms with Gasteiger partial charge in [0, 0.05) is 23.8 Å². The molecule has 0 aliphatic rings. The number of halogens is 4. The number of anilines is 4. The lowest BCUT2D eigenvalue weighted by Gasteiger charge is -2.23. The summed E-state index contributed by atoms with van der Waals surface area (Å²) in [6.07, 6.45) is -4.30. The third-order valence-corrected chi connectivity index (χ3v) is 9.57. The molecule has 17 heteroatoms. The van der Waals surface area contributed by atoms with Crippen LogP contribution in [0.2, 0.25) is 5.02 Å². The number of rotatable bonds is 8. The van der Waals surface area contributed by atoms with E-state index in [4.69, 9.17) is 11.6 Å². The fourth-order valence-electron chi connectivity index (χ4n) is 3.01. The maximum Gasteiger partial charge on any atom is 0.492 e. The van der Waals surface area contributed by atoms with Crippen molar-refractivity contribution in [3.05, 3.63) is 59.9 Å². The highest BCUT2D eigenvalue weighted by Crippen LogP contribution is 2.35. The molecule has 0 radical (unpaired) electrons. The molecule has 2 N–H and O–H groups in total. The molecule has 0 aliphatic heterocycles. The second-order valence-corrected chi connectivity index (χ2v) is 14.2. The molecule has 0 unspecified atom stereocenters. The van der Waals surface area contributed by atoms with E-state index < -0.39 is 41.6 Å². The Kier molecular flexibility index (Phi) is 8.69. The maximum atomic E-state index is 13.3. The molecule has 40 heavy (non-hydrogen) atoms. The molecule has 0 atom stereocenters. The summed E-state index contributed by atoms with van der Waals surface area (Å²) in [5.41, 5.74) is 0.359. The van der Waals surface area contributed by atoms with Crippen LogP contribution in [-0.4, -0.2) is 55.2 Å². The molecule has 0 saturated heterocycles. The Morgan fingerprint density at radius 2 is 1.50 bits per heavy atom. The number of benzene rings is 2. The van der Waals surface area contributed by atoms with E-state index in [0.717, 1.165) is 24.5 Å². The topological polar surface area (TPSA) is 148 Å². The number of hydrogen-bond acceptors (Lipinski definition) is 10. The molecule has 11 nitrogen and oxygen atoms in total. The van der Waals surface area contributed by atoms with Crippen LogP contribution in [0.15, 0.2) is 64.6 Å². The number of alkyl halides is 3. The molecule has 1 aromatic heterocycles. The molecule has 0 amide bonds. The van der Waals surface area contributed by atoms with Gasteiger partial charge in [-0.1, -0.05) is 11.6 Å². The van der Waals surface area contributed by atoms with Crippen molar-refractivity contribution >= 4 is 60.4 Å². The highest BCUT2D eigenvalue weighted by Gasteiger charge is 2.44. The van der Waals surface area contributed by atoms with Gasteiger partial charge in [0.15, 0.2) is 9.84 Å². The van der Waals surface area contributed by atoms with E-state index in [1.54, 1.807) is 24.3 Å². The van der Waals surface area contributed by atoms with Crippen LogP contribution in [0, 0.1) is 0 Å². The van der Waals surface area contributed by atoms with Crippen molar-refractivity contribution in [3.8, 4) is 0 Å². The standard InChI is InChI=1S/C23H23ClF3N5O6S2/c1-22(2,3)39(34,35)18-10-9-16(40(36,37)32(4)38-21(33)23(25,26)27)11-17(18)31-20-12-19(28-13-29-20)30-15-7-5-14(24)6-8-15/h5-13H,1-4H3,(H2,28,29,30,31). The molecule has 216 valence electrons. The van der Waals surface area contributed by atoms with Crippen LogP contribution in [-0.2, 0) is 29.5 Å². The van der Waals surface area contributed by atoms with Crippen molar-refractivity contribution in [3.63, 3.8) is 0 Å². The van der Waals surface area contributed by atoms with Crippen LogP contribution in [0.25, 0.3) is 0 Å². The summed E-state index contributed by atoms with van der Waals surface area (Å²) in [5.74, 6) is -2.43. The summed E-state index contributed by atoms with van der Waals surface area (Å²) in [5, 5.41) is 6.25. The van der Waals surface area contributed by atoms with Gasteiger partial charge in [-0.15, -0.1) is 0 Å². The molecule has 1 heterocycles. The number of sulfonamides is 1. The first kappa shape index (κ1) is 31.1. The molecule has 0 bridgehead atoms. The van der Waals surface area contributed by atoms with Crippen LogP contribution in [0.4, 0.5) is 36.2 Å². The van der Waals surface area contributed by atoms with Crippen molar-refractivity contribution in [1.82, 2.24) is 14.4 Å². The number of nitrogens with one attached hydrogen (secondary N) is 2. The minimum atomic E-state index is -5.45. The van der Waals surface area contributed by atoms with Gasteiger partial charge in [0.05, 0.1) is 20.2 Å². The number of hydrogen-bond donors (Lipinski definition) is 2. The lowest BCUT2D eigenvalue weighted by atomic mass is 10.3. The van der Waals surface area contributed by atoms with Gasteiger partial charge < -0.3 is 15.5 Å². The van der Waals surface area contributed by atoms with Crippen molar-refractivity contribution in [1.29, 1.82) is 0 Å². The zero-order chi connectivity index (χ0) is 30.1. The van der Waals surface area contributed by atoms with Gasteiger partial charge in [-0.3, -0.25) is 0 Å². The van der Waals surface area contributed by atoms with E-state index in [1.165, 1.54) is 26.8 Å². The number of aromatic nitrogens is 2. The summed E-state index contributed by atoms with van der Waals surface area (Å²) in [4.78, 5) is 22.2. The van der Waals surface area contributed by atoms with E-state index in [2.05, 4.69) is 25.4 Å². The highest BCUT2D eigenvalue weighted by atomic mass is 35.5. The first-order chi connectivity index (χ1) is 18.3. The Labute approximate surface area is 233 Å². The van der Waals surface area contributed by atoms with Crippen LogP contribution in [0.5, 0.6) is 0 Å². The van der Waals surface area contributed by atoms with Gasteiger partial charge in [-0.2, -0.15) is 13.2 Å². The van der Waals surface area contributed by atoms with Gasteiger partial charge in [0.1, 0.15) is 18.0 Å².